The van der Waals surface area contributed by atoms with Gasteiger partial charge in [0.25, 0.3) is 5.56 Å². The van der Waals surface area contributed by atoms with E-state index in [0.29, 0.717) is 5.52 Å². The van der Waals surface area contributed by atoms with Gasteiger partial charge in [-0.15, -0.1) is 0 Å². The molecule has 0 radical (unpaired) electrons. The molecule has 0 spiro atoms. The lowest BCUT2D eigenvalue weighted by Gasteiger charge is -2.00. The van der Waals surface area contributed by atoms with Crippen LogP contribution in [0.2, 0.25) is 0 Å². The average molecular weight is 193 g/mol. The fourth-order valence-corrected chi connectivity index (χ4v) is 1.19. The molecule has 2 aromatic heterocycles. The number of H-pyrrole nitrogens is 1. The third kappa shape index (κ3) is 1.08. The topological polar surface area (TPSA) is 76.5 Å². The Morgan fingerprint density at radius 1 is 1.64 bits per heavy atom. The molecule has 6 nitrogen and oxygen atoms in total. The third-order valence-electron chi connectivity index (χ3n) is 1.84. The number of hydrogen-bond donors (Lipinski definition) is 1. The van der Waals surface area contributed by atoms with Crippen molar-refractivity contribution in [2.24, 2.45) is 0 Å². The minimum absolute atomic E-state index is 0.187. The second kappa shape index (κ2) is 2.99. The van der Waals surface area contributed by atoms with E-state index in [4.69, 9.17) is 0 Å². The molecule has 2 aromatic rings. The van der Waals surface area contributed by atoms with Crippen LogP contribution in [0.25, 0.3) is 5.52 Å². The van der Waals surface area contributed by atoms with Crippen molar-refractivity contribution in [2.45, 2.75) is 0 Å². The number of rotatable bonds is 1. The molecular formula is C8H7N3O3. The van der Waals surface area contributed by atoms with Crippen molar-refractivity contribution in [3.63, 3.8) is 0 Å². The summed E-state index contributed by atoms with van der Waals surface area (Å²) in [4.78, 5) is 24.9. The van der Waals surface area contributed by atoms with Gasteiger partial charge in [0.05, 0.1) is 13.3 Å². The predicted octanol–water partition coefficient (Wildman–Crippen LogP) is -0.191. The quantitative estimate of drug-likeness (QED) is 0.637. The van der Waals surface area contributed by atoms with Gasteiger partial charge in [0, 0.05) is 6.20 Å². The molecule has 0 aliphatic rings. The summed E-state index contributed by atoms with van der Waals surface area (Å²) in [6.07, 6.45) is 2.71. The zero-order valence-corrected chi connectivity index (χ0v) is 7.35. The number of ether oxygens (including phenoxy) is 1. The van der Waals surface area contributed by atoms with Crippen molar-refractivity contribution >= 4 is 11.5 Å². The van der Waals surface area contributed by atoms with Crippen molar-refractivity contribution in [1.29, 1.82) is 0 Å². The van der Waals surface area contributed by atoms with Crippen LogP contribution in [0.4, 0.5) is 0 Å². The van der Waals surface area contributed by atoms with Crippen LogP contribution in [0.5, 0.6) is 0 Å². The number of fused-ring (bicyclic) bond motifs is 1. The summed E-state index contributed by atoms with van der Waals surface area (Å²) in [6.45, 7) is 0. The van der Waals surface area contributed by atoms with Crippen LogP contribution < -0.4 is 5.56 Å². The fourth-order valence-electron chi connectivity index (χ4n) is 1.19. The monoisotopic (exact) mass is 193 g/mol. The number of aromatic amines is 1. The van der Waals surface area contributed by atoms with E-state index in [1.54, 1.807) is 0 Å². The summed E-state index contributed by atoms with van der Waals surface area (Å²) in [6, 6.07) is 1.52. The molecule has 0 amide bonds. The van der Waals surface area contributed by atoms with E-state index in [9.17, 15) is 9.59 Å². The van der Waals surface area contributed by atoms with Gasteiger partial charge in [0.15, 0.2) is 5.69 Å². The van der Waals surface area contributed by atoms with Gasteiger partial charge in [-0.3, -0.25) is 4.79 Å². The Balaban J connectivity index is 2.79. The number of carbonyl (C=O) groups excluding carboxylic acids is 1. The third-order valence-corrected chi connectivity index (χ3v) is 1.84. The number of aromatic nitrogens is 3. The summed E-state index contributed by atoms with van der Waals surface area (Å²) in [5, 5.41) is 3.84. The highest BCUT2D eigenvalue weighted by Gasteiger charge is 2.12. The number of nitrogens with one attached hydrogen (secondary N) is 1. The molecule has 0 aliphatic heterocycles. The Bertz CT molecular complexity index is 540. The highest BCUT2D eigenvalue weighted by atomic mass is 16.5. The first-order chi connectivity index (χ1) is 6.74. The second-order valence-electron chi connectivity index (χ2n) is 2.62. The normalized spacial score (nSPS) is 10.4. The van der Waals surface area contributed by atoms with Gasteiger partial charge < -0.3 is 9.72 Å². The highest BCUT2D eigenvalue weighted by Crippen LogP contribution is 2.01. The van der Waals surface area contributed by atoms with Crippen LogP contribution in [0, 0.1) is 0 Å². The first-order valence-electron chi connectivity index (χ1n) is 3.88. The molecule has 72 valence electrons. The molecule has 0 bridgehead atoms. The standard InChI is InChI=1S/C8H7N3O3/c1-14-8(13)6-4-9-7(12)5-2-3-10-11(5)6/h2-4H,1H3,(H,9,12). The maximum atomic E-state index is 11.2. The molecule has 0 unspecified atom stereocenters. The average Bonchev–Trinajstić information content (AvgIpc) is 2.67. The Morgan fingerprint density at radius 2 is 2.43 bits per heavy atom. The van der Waals surface area contributed by atoms with Crippen molar-refractivity contribution in [3.8, 4) is 0 Å². The Morgan fingerprint density at radius 3 is 3.14 bits per heavy atom. The number of methoxy groups -OCH3 is 1. The van der Waals surface area contributed by atoms with Crippen LogP contribution in [0.1, 0.15) is 10.5 Å². The molecule has 0 aliphatic carbocycles. The van der Waals surface area contributed by atoms with Gasteiger partial charge in [-0.05, 0) is 6.07 Å². The van der Waals surface area contributed by atoms with Crippen molar-refractivity contribution in [1.82, 2.24) is 14.6 Å². The van der Waals surface area contributed by atoms with Crippen molar-refractivity contribution in [3.05, 3.63) is 34.5 Å². The van der Waals surface area contributed by atoms with Crippen LogP contribution in [0.15, 0.2) is 23.3 Å². The Hall–Kier alpha value is -2.11. The first kappa shape index (κ1) is 8.49. The summed E-state index contributed by atoms with van der Waals surface area (Å²) >= 11 is 0. The lowest BCUT2D eigenvalue weighted by Crippen LogP contribution is -2.16. The van der Waals surface area contributed by atoms with Gasteiger partial charge in [-0.2, -0.15) is 5.10 Å². The maximum Gasteiger partial charge on any atom is 0.358 e. The smallest absolute Gasteiger partial charge is 0.358 e. The van der Waals surface area contributed by atoms with Crippen LogP contribution >= 0.6 is 0 Å². The molecule has 0 aromatic carbocycles. The largest absolute Gasteiger partial charge is 0.464 e. The van der Waals surface area contributed by atoms with E-state index in [1.807, 2.05) is 0 Å². The van der Waals surface area contributed by atoms with Crippen LogP contribution in [0.3, 0.4) is 0 Å². The molecule has 6 heteroatoms. The van der Waals surface area contributed by atoms with E-state index in [2.05, 4.69) is 14.8 Å². The van der Waals surface area contributed by atoms with E-state index in [1.165, 1.54) is 30.1 Å². The zero-order valence-electron chi connectivity index (χ0n) is 7.35. The fraction of sp³-hybridized carbons (Fsp3) is 0.125. The molecule has 14 heavy (non-hydrogen) atoms. The summed E-state index contributed by atoms with van der Waals surface area (Å²) in [5.41, 5.74) is 0.204. The SMILES string of the molecule is COC(=O)c1c[nH]c(=O)c2ccnn12. The molecule has 2 rings (SSSR count). The van der Waals surface area contributed by atoms with Gasteiger partial charge in [0.2, 0.25) is 0 Å². The Labute approximate surface area is 78.1 Å². The lowest BCUT2D eigenvalue weighted by molar-refractivity contribution is 0.0590. The number of hydrogen-bond acceptors (Lipinski definition) is 4. The minimum atomic E-state index is -0.546. The summed E-state index contributed by atoms with van der Waals surface area (Å²) < 4.78 is 5.77. The number of nitrogens with zero attached hydrogens (tertiary/aromatic N) is 2. The van der Waals surface area contributed by atoms with Gasteiger partial charge >= 0.3 is 5.97 Å². The molecule has 0 saturated carbocycles. The lowest BCUT2D eigenvalue weighted by atomic mass is 10.4. The highest BCUT2D eigenvalue weighted by molar-refractivity contribution is 5.87. The van der Waals surface area contributed by atoms with E-state index < -0.39 is 5.97 Å². The summed E-state index contributed by atoms with van der Waals surface area (Å²) in [7, 11) is 1.27. The first-order valence-corrected chi connectivity index (χ1v) is 3.88. The van der Waals surface area contributed by atoms with Gasteiger partial charge in [-0.25, -0.2) is 9.31 Å². The number of carbonyl (C=O) groups is 1. The molecule has 0 fully saturated rings. The van der Waals surface area contributed by atoms with Crippen molar-refractivity contribution < 1.29 is 9.53 Å². The van der Waals surface area contributed by atoms with Gasteiger partial charge in [-0.1, -0.05) is 0 Å². The number of esters is 1. The van der Waals surface area contributed by atoms with E-state index in [0.717, 1.165) is 0 Å². The van der Waals surface area contributed by atoms with E-state index >= 15 is 0 Å². The Kier molecular flexibility index (Phi) is 1.81. The molecule has 0 saturated heterocycles. The summed E-state index contributed by atoms with van der Waals surface area (Å²) in [5.74, 6) is -0.546. The molecule has 1 N–H and O–H groups in total. The zero-order chi connectivity index (χ0) is 10.1. The van der Waals surface area contributed by atoms with Crippen molar-refractivity contribution in [2.75, 3.05) is 7.11 Å². The van der Waals surface area contributed by atoms with E-state index in [-0.39, 0.29) is 11.3 Å². The second-order valence-corrected chi connectivity index (χ2v) is 2.62. The minimum Gasteiger partial charge on any atom is -0.464 e. The molecular weight excluding hydrogens is 186 g/mol. The molecule has 0 atom stereocenters. The maximum absolute atomic E-state index is 11.2. The predicted molar refractivity (Wildman–Crippen MR) is 47.2 cm³/mol. The van der Waals surface area contributed by atoms with Crippen LogP contribution in [-0.2, 0) is 4.74 Å². The van der Waals surface area contributed by atoms with Gasteiger partial charge in [0.1, 0.15) is 5.52 Å². The molecule has 2 heterocycles. The van der Waals surface area contributed by atoms with Crippen LogP contribution in [-0.4, -0.2) is 27.7 Å².